The molecule has 2 amide bonds. The van der Waals surface area contributed by atoms with Crippen molar-refractivity contribution in [2.75, 3.05) is 13.1 Å². The van der Waals surface area contributed by atoms with Crippen LogP contribution in [-0.4, -0.2) is 30.4 Å². The molecule has 2 rings (SSSR count). The van der Waals surface area contributed by atoms with Crippen molar-refractivity contribution in [3.8, 4) is 0 Å². The third-order valence-electron chi connectivity index (χ3n) is 3.03. The minimum absolute atomic E-state index is 0.133. The highest BCUT2D eigenvalue weighted by atomic mass is 16.1. The fourth-order valence-electron chi connectivity index (χ4n) is 1.99. The topological polar surface area (TPSA) is 71.1 Å². The largest absolute Gasteiger partial charge is 0.359 e. The van der Waals surface area contributed by atoms with Crippen molar-refractivity contribution in [2.24, 2.45) is 0 Å². The van der Waals surface area contributed by atoms with Crippen LogP contribution in [0.15, 0.2) is 30.3 Å². The summed E-state index contributed by atoms with van der Waals surface area (Å²) in [6.07, 6.45) is 1.35. The highest BCUT2D eigenvalue weighted by molar-refractivity contribution is 5.98. The Morgan fingerprint density at radius 1 is 1.30 bits per heavy atom. The van der Waals surface area contributed by atoms with Crippen LogP contribution in [0.25, 0.3) is 10.9 Å². The number of aromatic nitrogens is 1. The molecule has 1 aromatic heterocycles. The third-order valence-corrected chi connectivity index (χ3v) is 3.03. The van der Waals surface area contributed by atoms with Gasteiger partial charge < -0.3 is 10.6 Å². The van der Waals surface area contributed by atoms with Gasteiger partial charge in [-0.2, -0.15) is 0 Å². The molecule has 0 fully saturated rings. The van der Waals surface area contributed by atoms with Gasteiger partial charge in [-0.15, -0.1) is 0 Å². The first-order valence-electron chi connectivity index (χ1n) is 6.54. The lowest BCUT2D eigenvalue weighted by Crippen LogP contribution is -2.27. The zero-order valence-corrected chi connectivity index (χ0v) is 11.3. The molecule has 0 radical (unpaired) electrons. The van der Waals surface area contributed by atoms with Gasteiger partial charge in [0.05, 0.1) is 16.8 Å². The molecule has 0 aliphatic rings. The number of amides is 2. The molecule has 2 N–H and O–H groups in total. The lowest BCUT2D eigenvalue weighted by molar-refractivity contribution is -0.109. The van der Waals surface area contributed by atoms with Gasteiger partial charge in [-0.05, 0) is 25.5 Å². The second kappa shape index (κ2) is 6.65. The number of benzene rings is 1. The van der Waals surface area contributed by atoms with E-state index >= 15 is 0 Å². The first kappa shape index (κ1) is 14.0. The molecule has 104 valence electrons. The number of nitrogens with one attached hydrogen (secondary N) is 2. The molecule has 0 saturated heterocycles. The maximum Gasteiger partial charge on any atom is 0.253 e. The number of para-hydroxylation sites is 1. The summed E-state index contributed by atoms with van der Waals surface area (Å²) in [5.74, 6) is -0.133. The molecule has 5 heteroatoms. The number of aryl methyl sites for hydroxylation is 1. The van der Waals surface area contributed by atoms with E-state index in [-0.39, 0.29) is 5.91 Å². The predicted molar refractivity (Wildman–Crippen MR) is 77.5 cm³/mol. The summed E-state index contributed by atoms with van der Waals surface area (Å²) in [6, 6.07) is 9.57. The number of carbonyl (C=O) groups is 2. The molecule has 0 aliphatic carbocycles. The quantitative estimate of drug-likeness (QED) is 0.616. The van der Waals surface area contributed by atoms with Crippen LogP contribution in [0.2, 0.25) is 0 Å². The number of pyridine rings is 1. The molecule has 0 atom stereocenters. The lowest BCUT2D eigenvalue weighted by atomic mass is 10.1. The second-order valence-corrected chi connectivity index (χ2v) is 4.50. The number of carbonyl (C=O) groups excluding carboxylic acids is 2. The summed E-state index contributed by atoms with van der Waals surface area (Å²) < 4.78 is 0. The van der Waals surface area contributed by atoms with Crippen molar-refractivity contribution in [1.29, 1.82) is 0 Å². The Morgan fingerprint density at radius 2 is 2.10 bits per heavy atom. The summed E-state index contributed by atoms with van der Waals surface area (Å²) in [6.45, 7) is 2.90. The Bertz CT molecular complexity index is 626. The maximum atomic E-state index is 12.1. The van der Waals surface area contributed by atoms with Crippen LogP contribution in [0.3, 0.4) is 0 Å². The molecule has 0 aliphatic heterocycles. The van der Waals surface area contributed by atoms with E-state index in [1.165, 1.54) is 0 Å². The van der Waals surface area contributed by atoms with Gasteiger partial charge in [0.1, 0.15) is 0 Å². The molecule has 1 heterocycles. The van der Waals surface area contributed by atoms with Gasteiger partial charge in [0, 0.05) is 18.5 Å². The van der Waals surface area contributed by atoms with Crippen molar-refractivity contribution in [2.45, 2.75) is 13.3 Å². The number of rotatable bonds is 6. The highest BCUT2D eigenvalue weighted by Gasteiger charge is 2.10. The average molecular weight is 271 g/mol. The number of nitrogens with zero attached hydrogens (tertiary/aromatic N) is 1. The Labute approximate surface area is 117 Å². The SMILES string of the molecule is Cc1nc2ccccc2cc1C(=O)NCCCNC=O. The van der Waals surface area contributed by atoms with E-state index in [0.717, 1.165) is 10.9 Å². The summed E-state index contributed by atoms with van der Waals surface area (Å²) in [7, 11) is 0. The normalized spacial score (nSPS) is 10.2. The zero-order valence-electron chi connectivity index (χ0n) is 11.3. The van der Waals surface area contributed by atoms with Gasteiger partial charge >= 0.3 is 0 Å². The fourth-order valence-corrected chi connectivity index (χ4v) is 1.99. The van der Waals surface area contributed by atoms with Crippen LogP contribution in [0, 0.1) is 6.92 Å². The maximum absolute atomic E-state index is 12.1. The molecule has 5 nitrogen and oxygen atoms in total. The van der Waals surface area contributed by atoms with Crippen LogP contribution in [0.5, 0.6) is 0 Å². The summed E-state index contributed by atoms with van der Waals surface area (Å²) >= 11 is 0. The van der Waals surface area contributed by atoms with E-state index in [4.69, 9.17) is 0 Å². The van der Waals surface area contributed by atoms with Gasteiger partial charge in [0.2, 0.25) is 6.41 Å². The molecule has 0 unspecified atom stereocenters. The molecular formula is C15H17N3O2. The van der Waals surface area contributed by atoms with Crippen LogP contribution < -0.4 is 10.6 Å². The van der Waals surface area contributed by atoms with Gasteiger partial charge in [-0.1, -0.05) is 18.2 Å². The molecule has 1 aromatic carbocycles. The molecule has 0 spiro atoms. The lowest BCUT2D eigenvalue weighted by Gasteiger charge is -2.08. The highest BCUT2D eigenvalue weighted by Crippen LogP contribution is 2.16. The smallest absolute Gasteiger partial charge is 0.253 e. The standard InChI is InChI=1S/C15H17N3O2/c1-11-13(15(20)17-8-4-7-16-10-19)9-12-5-2-3-6-14(12)18-11/h2-3,5-6,9-10H,4,7-8H2,1H3,(H,16,19)(H,17,20). The first-order valence-corrected chi connectivity index (χ1v) is 6.54. The average Bonchev–Trinajstić information content (AvgIpc) is 2.46. The summed E-state index contributed by atoms with van der Waals surface area (Å²) in [5.41, 5.74) is 2.19. The number of hydrogen-bond donors (Lipinski definition) is 2. The van der Waals surface area contributed by atoms with E-state index in [0.29, 0.717) is 37.2 Å². The van der Waals surface area contributed by atoms with Crippen LogP contribution >= 0.6 is 0 Å². The predicted octanol–water partition coefficient (Wildman–Crippen LogP) is 1.41. The monoisotopic (exact) mass is 271 g/mol. The zero-order chi connectivity index (χ0) is 14.4. The van der Waals surface area contributed by atoms with E-state index in [2.05, 4.69) is 15.6 Å². The van der Waals surface area contributed by atoms with E-state index in [1.54, 1.807) is 0 Å². The molecule has 0 saturated carbocycles. The second-order valence-electron chi connectivity index (χ2n) is 4.50. The van der Waals surface area contributed by atoms with Crippen molar-refractivity contribution < 1.29 is 9.59 Å². The van der Waals surface area contributed by atoms with Gasteiger partial charge in [-0.3, -0.25) is 14.6 Å². The van der Waals surface area contributed by atoms with Crippen LogP contribution in [0.1, 0.15) is 22.5 Å². The van der Waals surface area contributed by atoms with Crippen LogP contribution in [-0.2, 0) is 4.79 Å². The van der Waals surface area contributed by atoms with Crippen molar-refractivity contribution >= 4 is 23.2 Å². The molecule has 2 aromatic rings. The fraction of sp³-hybridized carbons (Fsp3) is 0.267. The minimum atomic E-state index is -0.133. The van der Waals surface area contributed by atoms with Crippen molar-refractivity contribution in [1.82, 2.24) is 15.6 Å². The summed E-state index contributed by atoms with van der Waals surface area (Å²) in [5, 5.41) is 6.33. The van der Waals surface area contributed by atoms with E-state index < -0.39 is 0 Å². The number of fused-ring (bicyclic) bond motifs is 1. The van der Waals surface area contributed by atoms with Gasteiger partial charge in [0.15, 0.2) is 0 Å². The Kier molecular flexibility index (Phi) is 4.65. The Balaban J connectivity index is 2.05. The van der Waals surface area contributed by atoms with Crippen LogP contribution in [0.4, 0.5) is 0 Å². The van der Waals surface area contributed by atoms with Crippen molar-refractivity contribution in [3.63, 3.8) is 0 Å². The van der Waals surface area contributed by atoms with E-state index in [9.17, 15) is 9.59 Å². The number of hydrogen-bond acceptors (Lipinski definition) is 3. The molecule has 0 bridgehead atoms. The summed E-state index contributed by atoms with van der Waals surface area (Å²) in [4.78, 5) is 26.6. The van der Waals surface area contributed by atoms with Crippen molar-refractivity contribution in [3.05, 3.63) is 41.6 Å². The van der Waals surface area contributed by atoms with Gasteiger partial charge in [0.25, 0.3) is 5.91 Å². The van der Waals surface area contributed by atoms with Gasteiger partial charge in [-0.25, -0.2) is 0 Å². The first-order chi connectivity index (χ1) is 9.72. The third kappa shape index (κ3) is 3.32. The Morgan fingerprint density at radius 3 is 2.90 bits per heavy atom. The van der Waals surface area contributed by atoms with E-state index in [1.807, 2.05) is 37.3 Å². The Hall–Kier alpha value is -2.43. The molecular weight excluding hydrogens is 254 g/mol. The molecule has 20 heavy (non-hydrogen) atoms. The minimum Gasteiger partial charge on any atom is -0.359 e.